The third-order valence-corrected chi connectivity index (χ3v) is 3.86. The van der Waals surface area contributed by atoms with Gasteiger partial charge in [0.2, 0.25) is 0 Å². The number of aromatic nitrogens is 3. The summed E-state index contributed by atoms with van der Waals surface area (Å²) in [6.45, 7) is 5.52. The number of nitrogens with zero attached hydrogens (tertiary/aromatic N) is 3. The van der Waals surface area contributed by atoms with Crippen molar-refractivity contribution in [3.05, 3.63) is 52.7 Å². The van der Waals surface area contributed by atoms with E-state index in [2.05, 4.69) is 15.4 Å². The second-order valence-electron chi connectivity index (χ2n) is 5.82. The van der Waals surface area contributed by atoms with Gasteiger partial charge >= 0.3 is 0 Å². The topological polar surface area (TPSA) is 59.3 Å². The fourth-order valence-corrected chi connectivity index (χ4v) is 2.76. The van der Waals surface area contributed by atoms with E-state index in [0.29, 0.717) is 16.8 Å². The molecule has 0 aliphatic carbocycles. The van der Waals surface area contributed by atoms with E-state index in [4.69, 9.17) is 11.6 Å². The first-order valence-electron chi connectivity index (χ1n) is 7.48. The van der Waals surface area contributed by atoms with Gasteiger partial charge in [0, 0.05) is 18.4 Å². The van der Waals surface area contributed by atoms with E-state index in [9.17, 15) is 9.18 Å². The smallest absolute Gasteiger partial charge is 0.272 e. The van der Waals surface area contributed by atoms with Crippen LogP contribution >= 0.6 is 11.6 Å². The van der Waals surface area contributed by atoms with E-state index in [-0.39, 0.29) is 22.7 Å². The van der Waals surface area contributed by atoms with Gasteiger partial charge in [-0.1, -0.05) is 11.6 Å². The molecule has 1 N–H and O–H groups in total. The first-order chi connectivity index (χ1) is 11.4. The third kappa shape index (κ3) is 2.85. The number of carbonyl (C=O) groups is 1. The maximum absolute atomic E-state index is 14.0. The SMILES string of the molecule is Cc1cc(Cl)c(F)cc1-c1c(C(=O)NC(C)C)nn2cccnc12. The Hall–Kier alpha value is -2.47. The van der Waals surface area contributed by atoms with Crippen molar-refractivity contribution in [1.82, 2.24) is 19.9 Å². The summed E-state index contributed by atoms with van der Waals surface area (Å²) < 4.78 is 15.5. The molecule has 0 unspecified atom stereocenters. The molecule has 0 fully saturated rings. The minimum absolute atomic E-state index is 0.0360. The lowest BCUT2D eigenvalue weighted by atomic mass is 9.99. The summed E-state index contributed by atoms with van der Waals surface area (Å²) in [5.41, 5.74) is 2.45. The van der Waals surface area contributed by atoms with Crippen LogP contribution in [0.4, 0.5) is 4.39 Å². The van der Waals surface area contributed by atoms with Gasteiger partial charge in [0.05, 0.1) is 10.6 Å². The van der Waals surface area contributed by atoms with Crippen molar-refractivity contribution in [2.24, 2.45) is 0 Å². The molecule has 2 heterocycles. The molecule has 5 nitrogen and oxygen atoms in total. The lowest BCUT2D eigenvalue weighted by Gasteiger charge is -2.10. The third-order valence-electron chi connectivity index (χ3n) is 3.57. The maximum atomic E-state index is 14.0. The second kappa shape index (κ2) is 6.20. The number of hydrogen-bond acceptors (Lipinski definition) is 3. The normalized spacial score (nSPS) is 11.2. The zero-order chi connectivity index (χ0) is 17.4. The Morgan fingerprint density at radius 2 is 2.12 bits per heavy atom. The predicted molar refractivity (Wildman–Crippen MR) is 90.7 cm³/mol. The molecule has 0 spiro atoms. The van der Waals surface area contributed by atoms with Crippen LogP contribution in [-0.2, 0) is 0 Å². The second-order valence-corrected chi connectivity index (χ2v) is 6.23. The van der Waals surface area contributed by atoms with E-state index < -0.39 is 5.82 Å². The molecular weight excluding hydrogens is 331 g/mol. The fraction of sp³-hybridized carbons (Fsp3) is 0.235. The molecular formula is C17H16ClFN4O. The summed E-state index contributed by atoms with van der Waals surface area (Å²) in [6.07, 6.45) is 3.30. The van der Waals surface area contributed by atoms with Crippen LogP contribution in [0.25, 0.3) is 16.8 Å². The largest absolute Gasteiger partial charge is 0.348 e. The van der Waals surface area contributed by atoms with Gasteiger partial charge in [-0.3, -0.25) is 4.79 Å². The van der Waals surface area contributed by atoms with E-state index in [1.807, 2.05) is 13.8 Å². The van der Waals surface area contributed by atoms with Crippen LogP contribution < -0.4 is 5.32 Å². The number of rotatable bonds is 3. The van der Waals surface area contributed by atoms with E-state index in [0.717, 1.165) is 5.56 Å². The quantitative estimate of drug-likeness (QED) is 0.787. The van der Waals surface area contributed by atoms with Gasteiger partial charge < -0.3 is 5.32 Å². The van der Waals surface area contributed by atoms with Crippen LogP contribution in [0.15, 0.2) is 30.6 Å². The fourth-order valence-electron chi connectivity index (χ4n) is 2.54. The van der Waals surface area contributed by atoms with Gasteiger partial charge in [-0.05, 0) is 50.1 Å². The standard InChI is InChI=1S/C17H16ClFN4O/c1-9(2)21-17(24)15-14(16-20-5-4-6-23(16)22-15)11-8-13(19)12(18)7-10(11)3/h4-9H,1-3H3,(H,21,24). The van der Waals surface area contributed by atoms with Crippen molar-refractivity contribution in [2.45, 2.75) is 26.8 Å². The number of fused-ring (bicyclic) bond motifs is 1. The first-order valence-corrected chi connectivity index (χ1v) is 7.86. The summed E-state index contributed by atoms with van der Waals surface area (Å²) in [5, 5.41) is 7.17. The Morgan fingerprint density at radius 3 is 2.83 bits per heavy atom. The molecule has 1 amide bonds. The van der Waals surface area contributed by atoms with Crippen LogP contribution in [-0.4, -0.2) is 26.5 Å². The van der Waals surface area contributed by atoms with E-state index in [1.165, 1.54) is 16.6 Å². The number of hydrogen-bond donors (Lipinski definition) is 1. The number of aryl methyl sites for hydroxylation is 1. The van der Waals surface area contributed by atoms with Crippen molar-refractivity contribution in [3.63, 3.8) is 0 Å². The first kappa shape index (κ1) is 16.4. The Kier molecular flexibility index (Phi) is 4.24. The number of benzene rings is 1. The Labute approximate surface area is 143 Å². The van der Waals surface area contributed by atoms with Crippen LogP contribution in [0, 0.1) is 12.7 Å². The minimum Gasteiger partial charge on any atom is -0.348 e. The number of carbonyl (C=O) groups excluding carboxylic acids is 1. The maximum Gasteiger partial charge on any atom is 0.272 e. The van der Waals surface area contributed by atoms with E-state index >= 15 is 0 Å². The Balaban J connectivity index is 2.30. The Morgan fingerprint density at radius 1 is 1.38 bits per heavy atom. The van der Waals surface area contributed by atoms with Gasteiger partial charge in [-0.25, -0.2) is 13.9 Å². The molecule has 1 aromatic carbocycles. The average Bonchev–Trinajstić information content (AvgIpc) is 2.90. The van der Waals surface area contributed by atoms with Gasteiger partial charge in [0.25, 0.3) is 5.91 Å². The molecule has 24 heavy (non-hydrogen) atoms. The molecule has 2 aromatic heterocycles. The monoisotopic (exact) mass is 346 g/mol. The van der Waals surface area contributed by atoms with Crippen LogP contribution in [0.2, 0.25) is 5.02 Å². The molecule has 0 saturated heterocycles. The Bertz CT molecular complexity index is 936. The molecule has 0 aliphatic heterocycles. The highest BCUT2D eigenvalue weighted by Gasteiger charge is 2.24. The highest BCUT2D eigenvalue weighted by atomic mass is 35.5. The molecule has 124 valence electrons. The molecule has 7 heteroatoms. The summed E-state index contributed by atoms with van der Waals surface area (Å²) >= 11 is 5.85. The molecule has 3 aromatic rings. The van der Waals surface area contributed by atoms with Crippen LogP contribution in [0.3, 0.4) is 0 Å². The summed E-state index contributed by atoms with van der Waals surface area (Å²) in [4.78, 5) is 16.8. The van der Waals surface area contributed by atoms with E-state index in [1.54, 1.807) is 25.4 Å². The zero-order valence-electron chi connectivity index (χ0n) is 13.5. The minimum atomic E-state index is -0.553. The molecule has 0 bridgehead atoms. The van der Waals surface area contributed by atoms with Crippen molar-refractivity contribution >= 4 is 23.2 Å². The highest BCUT2D eigenvalue weighted by molar-refractivity contribution is 6.31. The molecule has 3 rings (SSSR count). The van der Waals surface area contributed by atoms with Gasteiger partial charge in [0.1, 0.15) is 5.82 Å². The summed E-state index contributed by atoms with van der Waals surface area (Å²) in [7, 11) is 0. The average molecular weight is 347 g/mol. The van der Waals surface area contributed by atoms with Crippen molar-refractivity contribution in [1.29, 1.82) is 0 Å². The lowest BCUT2D eigenvalue weighted by molar-refractivity contribution is 0.0938. The van der Waals surface area contributed by atoms with Crippen molar-refractivity contribution < 1.29 is 9.18 Å². The number of halogens is 2. The molecule has 0 saturated carbocycles. The van der Waals surface area contributed by atoms with Crippen LogP contribution in [0.5, 0.6) is 0 Å². The summed E-state index contributed by atoms with van der Waals surface area (Å²) in [6, 6.07) is 4.51. The van der Waals surface area contributed by atoms with Crippen molar-refractivity contribution in [2.75, 3.05) is 0 Å². The lowest BCUT2D eigenvalue weighted by Crippen LogP contribution is -2.30. The van der Waals surface area contributed by atoms with Crippen molar-refractivity contribution in [3.8, 4) is 11.1 Å². The summed E-state index contributed by atoms with van der Waals surface area (Å²) in [5.74, 6) is -0.886. The molecule has 0 radical (unpaired) electrons. The molecule has 0 aliphatic rings. The number of nitrogens with one attached hydrogen (secondary N) is 1. The van der Waals surface area contributed by atoms with Crippen LogP contribution in [0.1, 0.15) is 29.9 Å². The predicted octanol–water partition coefficient (Wildman–Crippen LogP) is 3.64. The number of amides is 1. The van der Waals surface area contributed by atoms with Gasteiger partial charge in [-0.15, -0.1) is 0 Å². The highest BCUT2D eigenvalue weighted by Crippen LogP contribution is 2.33. The van der Waals surface area contributed by atoms with Gasteiger partial charge in [-0.2, -0.15) is 5.10 Å². The molecule has 0 atom stereocenters. The van der Waals surface area contributed by atoms with Gasteiger partial charge in [0.15, 0.2) is 11.3 Å². The zero-order valence-corrected chi connectivity index (χ0v) is 14.2.